The number of hydrogen-bond acceptors (Lipinski definition) is 3. The standard InChI is InChI=1S/C18H20ClN3O.ClH/c19-17-8-6-16(7-9-17)18(23)20-22-12-10-21(11-13-22)14-15-4-2-1-3-5-15;/h1-9H,10-14H2,(H,20,23);1H. The third-order valence-electron chi connectivity index (χ3n) is 3.99. The van der Waals surface area contributed by atoms with E-state index in [2.05, 4.69) is 34.6 Å². The lowest BCUT2D eigenvalue weighted by Crippen LogP contribution is -2.53. The molecule has 0 aliphatic carbocycles. The topological polar surface area (TPSA) is 35.6 Å². The Morgan fingerprint density at radius 1 is 0.958 bits per heavy atom. The highest BCUT2D eigenvalue weighted by Crippen LogP contribution is 2.10. The van der Waals surface area contributed by atoms with Gasteiger partial charge in [0, 0.05) is 43.3 Å². The molecule has 0 saturated carbocycles. The first-order valence-electron chi connectivity index (χ1n) is 7.78. The van der Waals surface area contributed by atoms with Crippen molar-refractivity contribution in [2.75, 3.05) is 26.2 Å². The number of nitrogens with one attached hydrogen (secondary N) is 1. The summed E-state index contributed by atoms with van der Waals surface area (Å²) >= 11 is 5.84. The number of benzene rings is 2. The van der Waals surface area contributed by atoms with E-state index in [1.807, 2.05) is 11.1 Å². The minimum absolute atomic E-state index is 0. The highest BCUT2D eigenvalue weighted by molar-refractivity contribution is 6.30. The fourth-order valence-electron chi connectivity index (χ4n) is 2.67. The van der Waals surface area contributed by atoms with Gasteiger partial charge in [-0.3, -0.25) is 15.1 Å². The molecule has 24 heavy (non-hydrogen) atoms. The van der Waals surface area contributed by atoms with Gasteiger partial charge in [0.1, 0.15) is 0 Å². The molecule has 128 valence electrons. The van der Waals surface area contributed by atoms with E-state index in [1.165, 1.54) is 5.56 Å². The summed E-state index contributed by atoms with van der Waals surface area (Å²) in [5.74, 6) is -0.0850. The first-order chi connectivity index (χ1) is 11.2. The molecule has 1 fully saturated rings. The molecule has 0 radical (unpaired) electrons. The zero-order chi connectivity index (χ0) is 16.1. The van der Waals surface area contributed by atoms with Crippen LogP contribution in [0.1, 0.15) is 15.9 Å². The lowest BCUT2D eigenvalue weighted by molar-refractivity contribution is 0.0604. The van der Waals surface area contributed by atoms with Crippen LogP contribution in [0, 0.1) is 0 Å². The van der Waals surface area contributed by atoms with E-state index in [9.17, 15) is 4.79 Å². The van der Waals surface area contributed by atoms with Crippen molar-refractivity contribution in [2.45, 2.75) is 6.54 Å². The molecule has 1 amide bonds. The molecule has 2 aromatic carbocycles. The molecule has 0 unspecified atom stereocenters. The Labute approximate surface area is 153 Å². The molecule has 2 aromatic rings. The van der Waals surface area contributed by atoms with Gasteiger partial charge in [-0.15, -0.1) is 12.4 Å². The monoisotopic (exact) mass is 365 g/mol. The van der Waals surface area contributed by atoms with Gasteiger partial charge < -0.3 is 0 Å². The summed E-state index contributed by atoms with van der Waals surface area (Å²) in [5.41, 5.74) is 4.91. The van der Waals surface area contributed by atoms with Crippen LogP contribution in [0.25, 0.3) is 0 Å². The van der Waals surface area contributed by atoms with Crippen molar-refractivity contribution in [1.29, 1.82) is 0 Å². The SMILES string of the molecule is Cl.O=C(NN1CCN(Cc2ccccc2)CC1)c1ccc(Cl)cc1. The van der Waals surface area contributed by atoms with Crippen LogP contribution in [-0.2, 0) is 6.54 Å². The van der Waals surface area contributed by atoms with Crippen LogP contribution in [-0.4, -0.2) is 42.0 Å². The summed E-state index contributed by atoms with van der Waals surface area (Å²) in [5, 5.41) is 2.62. The van der Waals surface area contributed by atoms with Crippen LogP contribution in [0.2, 0.25) is 5.02 Å². The Morgan fingerprint density at radius 2 is 1.58 bits per heavy atom. The van der Waals surface area contributed by atoms with Gasteiger partial charge >= 0.3 is 0 Å². The molecular weight excluding hydrogens is 345 g/mol. The van der Waals surface area contributed by atoms with Gasteiger partial charge in [0.05, 0.1) is 0 Å². The molecule has 1 aliphatic rings. The van der Waals surface area contributed by atoms with Crippen molar-refractivity contribution in [3.8, 4) is 0 Å². The smallest absolute Gasteiger partial charge is 0.265 e. The summed E-state index contributed by atoms with van der Waals surface area (Å²) in [6, 6.07) is 17.4. The lowest BCUT2D eigenvalue weighted by atomic mass is 10.2. The predicted octanol–water partition coefficient (Wildman–Crippen LogP) is 3.22. The predicted molar refractivity (Wildman–Crippen MR) is 99.5 cm³/mol. The van der Waals surface area contributed by atoms with Crippen molar-refractivity contribution >= 4 is 29.9 Å². The highest BCUT2D eigenvalue weighted by Gasteiger charge is 2.18. The number of rotatable bonds is 4. The summed E-state index contributed by atoms with van der Waals surface area (Å²) in [7, 11) is 0. The normalized spacial score (nSPS) is 15.5. The number of piperazine rings is 1. The Balaban J connectivity index is 0.00000208. The highest BCUT2D eigenvalue weighted by atomic mass is 35.5. The van der Waals surface area contributed by atoms with Gasteiger partial charge in [0.2, 0.25) is 0 Å². The summed E-state index contributed by atoms with van der Waals surface area (Å²) in [4.78, 5) is 14.6. The van der Waals surface area contributed by atoms with E-state index in [-0.39, 0.29) is 18.3 Å². The van der Waals surface area contributed by atoms with Crippen molar-refractivity contribution in [1.82, 2.24) is 15.3 Å². The number of nitrogens with zero attached hydrogens (tertiary/aromatic N) is 2. The van der Waals surface area contributed by atoms with Crippen LogP contribution >= 0.6 is 24.0 Å². The van der Waals surface area contributed by atoms with E-state index in [0.29, 0.717) is 10.6 Å². The number of hydrogen-bond donors (Lipinski definition) is 1. The fraction of sp³-hybridized carbons (Fsp3) is 0.278. The van der Waals surface area contributed by atoms with Crippen molar-refractivity contribution in [2.24, 2.45) is 0 Å². The van der Waals surface area contributed by atoms with Crippen LogP contribution in [0.5, 0.6) is 0 Å². The quantitative estimate of drug-likeness (QED) is 0.903. The second-order valence-corrected chi connectivity index (χ2v) is 6.13. The summed E-state index contributed by atoms with van der Waals surface area (Å²) in [6.07, 6.45) is 0. The Kier molecular flexibility index (Phi) is 7.06. The number of amides is 1. The molecule has 0 bridgehead atoms. The Morgan fingerprint density at radius 3 is 2.21 bits per heavy atom. The summed E-state index contributed by atoms with van der Waals surface area (Å²) in [6.45, 7) is 4.49. The van der Waals surface area contributed by atoms with Crippen LogP contribution in [0.4, 0.5) is 0 Å². The van der Waals surface area contributed by atoms with E-state index < -0.39 is 0 Å². The van der Waals surface area contributed by atoms with Crippen molar-refractivity contribution < 1.29 is 4.79 Å². The van der Waals surface area contributed by atoms with E-state index in [0.717, 1.165) is 32.7 Å². The van der Waals surface area contributed by atoms with Gasteiger partial charge in [-0.1, -0.05) is 41.9 Å². The van der Waals surface area contributed by atoms with E-state index in [1.54, 1.807) is 24.3 Å². The molecule has 3 rings (SSSR count). The number of carbonyl (C=O) groups excluding carboxylic acids is 1. The maximum absolute atomic E-state index is 12.2. The Bertz CT molecular complexity index is 641. The van der Waals surface area contributed by atoms with Crippen LogP contribution in [0.15, 0.2) is 54.6 Å². The molecule has 0 atom stereocenters. The third kappa shape index (κ3) is 5.21. The molecule has 4 nitrogen and oxygen atoms in total. The maximum atomic E-state index is 12.2. The molecular formula is C18H21Cl2N3O. The average Bonchev–Trinajstić information content (AvgIpc) is 2.58. The van der Waals surface area contributed by atoms with Crippen molar-refractivity contribution in [3.63, 3.8) is 0 Å². The van der Waals surface area contributed by atoms with Gasteiger partial charge in [-0.05, 0) is 29.8 Å². The molecule has 6 heteroatoms. The third-order valence-corrected chi connectivity index (χ3v) is 4.24. The first kappa shape index (κ1) is 18.7. The van der Waals surface area contributed by atoms with Gasteiger partial charge in [-0.25, -0.2) is 5.01 Å². The Hall–Kier alpha value is -1.59. The number of carbonyl (C=O) groups is 1. The largest absolute Gasteiger partial charge is 0.296 e. The second kappa shape index (κ2) is 9.04. The number of halogens is 2. The molecule has 0 aromatic heterocycles. The first-order valence-corrected chi connectivity index (χ1v) is 8.16. The van der Waals surface area contributed by atoms with Gasteiger partial charge in [0.15, 0.2) is 0 Å². The minimum atomic E-state index is -0.0850. The minimum Gasteiger partial charge on any atom is -0.296 e. The van der Waals surface area contributed by atoms with E-state index in [4.69, 9.17) is 11.6 Å². The van der Waals surface area contributed by atoms with Gasteiger partial charge in [-0.2, -0.15) is 0 Å². The number of hydrazine groups is 1. The lowest BCUT2D eigenvalue weighted by Gasteiger charge is -2.34. The maximum Gasteiger partial charge on any atom is 0.265 e. The second-order valence-electron chi connectivity index (χ2n) is 5.70. The molecule has 1 saturated heterocycles. The van der Waals surface area contributed by atoms with Crippen LogP contribution in [0.3, 0.4) is 0 Å². The van der Waals surface area contributed by atoms with Crippen LogP contribution < -0.4 is 5.43 Å². The van der Waals surface area contributed by atoms with E-state index >= 15 is 0 Å². The average molecular weight is 366 g/mol. The van der Waals surface area contributed by atoms with Gasteiger partial charge in [0.25, 0.3) is 5.91 Å². The zero-order valence-electron chi connectivity index (χ0n) is 13.3. The fourth-order valence-corrected chi connectivity index (χ4v) is 2.79. The zero-order valence-corrected chi connectivity index (χ0v) is 14.9. The molecule has 0 spiro atoms. The molecule has 1 aliphatic heterocycles. The molecule has 1 heterocycles. The van der Waals surface area contributed by atoms with Crippen molar-refractivity contribution in [3.05, 3.63) is 70.7 Å². The summed E-state index contributed by atoms with van der Waals surface area (Å²) < 4.78 is 0. The molecule has 1 N–H and O–H groups in total.